The molecule has 2 fully saturated rings. The molecule has 0 aromatic carbocycles. The third kappa shape index (κ3) is 2.03. The summed E-state index contributed by atoms with van der Waals surface area (Å²) in [5.74, 6) is -0.725. The molecule has 3 rings (SSSR count). The van der Waals surface area contributed by atoms with Crippen molar-refractivity contribution in [1.82, 2.24) is 9.88 Å². The molecule has 1 atom stereocenters. The fourth-order valence-corrected chi connectivity index (χ4v) is 2.90. The Labute approximate surface area is 110 Å². The number of carbonyl (C=O) groups is 2. The molecule has 0 radical (unpaired) electrons. The van der Waals surface area contributed by atoms with Gasteiger partial charge in [-0.05, 0) is 12.5 Å². The predicted octanol–water partition coefficient (Wildman–Crippen LogP) is 0.591. The number of carboxylic acid groups (broad SMARTS) is 1. The number of carbonyl (C=O) groups excluding carboxylic acids is 1. The van der Waals surface area contributed by atoms with Crippen LogP contribution in [0.25, 0.3) is 0 Å². The summed E-state index contributed by atoms with van der Waals surface area (Å²) in [5, 5.41) is 9.21. The van der Waals surface area contributed by atoms with E-state index in [9.17, 15) is 14.7 Å². The van der Waals surface area contributed by atoms with Gasteiger partial charge in [0, 0.05) is 38.3 Å². The van der Waals surface area contributed by atoms with Crippen LogP contribution in [-0.4, -0.2) is 52.5 Å². The second-order valence-corrected chi connectivity index (χ2v) is 4.92. The SMILES string of the molecule is O=C(O)c1ccncc1N1CCN2C(=O)CCC2C1. The van der Waals surface area contributed by atoms with Crippen molar-refractivity contribution in [2.75, 3.05) is 24.5 Å². The molecule has 1 amide bonds. The van der Waals surface area contributed by atoms with Gasteiger partial charge in [0.15, 0.2) is 0 Å². The molecular formula is C13H15N3O3. The standard InChI is InChI=1S/C13H15N3O3/c17-12-2-1-9-8-15(5-6-16(9)12)11-7-14-4-3-10(11)13(18)19/h3-4,7,9H,1-2,5-6,8H2,(H,18,19). The van der Waals surface area contributed by atoms with E-state index < -0.39 is 5.97 Å². The van der Waals surface area contributed by atoms with Crippen LogP contribution in [0, 0.1) is 0 Å². The summed E-state index contributed by atoms with van der Waals surface area (Å²) in [7, 11) is 0. The average Bonchev–Trinajstić information content (AvgIpc) is 2.80. The molecule has 1 aromatic heterocycles. The second-order valence-electron chi connectivity index (χ2n) is 4.92. The Bertz CT molecular complexity index is 532. The number of anilines is 1. The molecule has 1 N–H and O–H groups in total. The first-order valence-electron chi connectivity index (χ1n) is 6.38. The van der Waals surface area contributed by atoms with Gasteiger partial charge < -0.3 is 14.9 Å². The summed E-state index contributed by atoms with van der Waals surface area (Å²) >= 11 is 0. The molecule has 2 saturated heterocycles. The molecule has 0 saturated carbocycles. The summed E-state index contributed by atoms with van der Waals surface area (Å²) in [6.07, 6.45) is 4.55. The fraction of sp³-hybridized carbons (Fsp3) is 0.462. The second kappa shape index (κ2) is 4.53. The Kier molecular flexibility index (Phi) is 2.85. The smallest absolute Gasteiger partial charge is 0.337 e. The summed E-state index contributed by atoms with van der Waals surface area (Å²) in [5.41, 5.74) is 0.918. The van der Waals surface area contributed by atoms with Gasteiger partial charge in [-0.3, -0.25) is 9.78 Å². The number of fused-ring (bicyclic) bond motifs is 1. The maximum Gasteiger partial charge on any atom is 0.337 e. The van der Waals surface area contributed by atoms with Gasteiger partial charge in [-0.2, -0.15) is 0 Å². The monoisotopic (exact) mass is 261 g/mol. The number of rotatable bonds is 2. The number of piperazine rings is 1. The van der Waals surface area contributed by atoms with Crippen LogP contribution < -0.4 is 4.90 Å². The van der Waals surface area contributed by atoms with Crippen molar-refractivity contribution in [2.24, 2.45) is 0 Å². The Morgan fingerprint density at radius 1 is 1.42 bits per heavy atom. The van der Waals surface area contributed by atoms with Crippen LogP contribution in [0.15, 0.2) is 18.5 Å². The number of pyridine rings is 1. The molecule has 6 nitrogen and oxygen atoms in total. The molecule has 0 bridgehead atoms. The minimum Gasteiger partial charge on any atom is -0.478 e. The molecule has 3 heterocycles. The molecule has 1 aromatic rings. The van der Waals surface area contributed by atoms with E-state index in [1.807, 2.05) is 9.80 Å². The third-order valence-electron chi connectivity index (χ3n) is 3.87. The minimum absolute atomic E-state index is 0.211. The van der Waals surface area contributed by atoms with Crippen LogP contribution in [-0.2, 0) is 4.79 Å². The highest BCUT2D eigenvalue weighted by molar-refractivity contribution is 5.94. The number of nitrogens with zero attached hydrogens (tertiary/aromatic N) is 3. The first-order valence-corrected chi connectivity index (χ1v) is 6.38. The van der Waals surface area contributed by atoms with Gasteiger partial charge in [0.2, 0.25) is 5.91 Å². The Morgan fingerprint density at radius 3 is 3.05 bits per heavy atom. The summed E-state index contributed by atoms with van der Waals surface area (Å²) in [6.45, 7) is 2.02. The fourth-order valence-electron chi connectivity index (χ4n) is 2.90. The molecule has 2 aliphatic heterocycles. The minimum atomic E-state index is -0.942. The number of aromatic nitrogens is 1. The lowest BCUT2D eigenvalue weighted by Gasteiger charge is -2.39. The zero-order valence-corrected chi connectivity index (χ0v) is 10.5. The van der Waals surface area contributed by atoms with Crippen LogP contribution in [0.1, 0.15) is 23.2 Å². The van der Waals surface area contributed by atoms with Gasteiger partial charge in [0.1, 0.15) is 0 Å². The van der Waals surface area contributed by atoms with Crippen LogP contribution in [0.5, 0.6) is 0 Å². The van der Waals surface area contributed by atoms with Crippen LogP contribution in [0.4, 0.5) is 5.69 Å². The van der Waals surface area contributed by atoms with E-state index in [4.69, 9.17) is 0 Å². The lowest BCUT2D eigenvalue weighted by molar-refractivity contribution is -0.129. The van der Waals surface area contributed by atoms with Gasteiger partial charge in [-0.15, -0.1) is 0 Å². The molecule has 100 valence electrons. The Morgan fingerprint density at radius 2 is 2.26 bits per heavy atom. The zero-order chi connectivity index (χ0) is 13.4. The van der Waals surface area contributed by atoms with E-state index in [2.05, 4.69) is 4.98 Å². The molecule has 0 spiro atoms. The first kappa shape index (κ1) is 12.0. The number of hydrogen-bond acceptors (Lipinski definition) is 4. The lowest BCUT2D eigenvalue weighted by Crippen LogP contribution is -2.51. The number of hydrogen-bond donors (Lipinski definition) is 1. The van der Waals surface area contributed by atoms with Crippen molar-refractivity contribution in [1.29, 1.82) is 0 Å². The topological polar surface area (TPSA) is 73.7 Å². The van der Waals surface area contributed by atoms with Gasteiger partial charge in [-0.1, -0.05) is 0 Å². The summed E-state index contributed by atoms with van der Waals surface area (Å²) in [6, 6.07) is 1.73. The van der Waals surface area contributed by atoms with Crippen LogP contribution in [0.3, 0.4) is 0 Å². The number of carboxylic acids is 1. The van der Waals surface area contributed by atoms with Crippen molar-refractivity contribution in [3.63, 3.8) is 0 Å². The lowest BCUT2D eigenvalue weighted by atomic mass is 10.1. The highest BCUT2D eigenvalue weighted by Gasteiger charge is 2.36. The predicted molar refractivity (Wildman–Crippen MR) is 68.1 cm³/mol. The number of aromatic carboxylic acids is 1. The van der Waals surface area contributed by atoms with Gasteiger partial charge in [0.05, 0.1) is 17.4 Å². The molecule has 0 aliphatic carbocycles. The van der Waals surface area contributed by atoms with Crippen molar-refractivity contribution < 1.29 is 14.7 Å². The van der Waals surface area contributed by atoms with Crippen LogP contribution in [0.2, 0.25) is 0 Å². The van der Waals surface area contributed by atoms with E-state index in [0.29, 0.717) is 31.7 Å². The van der Waals surface area contributed by atoms with Crippen molar-refractivity contribution in [3.8, 4) is 0 Å². The van der Waals surface area contributed by atoms with E-state index >= 15 is 0 Å². The zero-order valence-electron chi connectivity index (χ0n) is 10.5. The summed E-state index contributed by atoms with van der Waals surface area (Å²) < 4.78 is 0. The molecule has 1 unspecified atom stereocenters. The maximum absolute atomic E-state index is 11.6. The molecule has 6 heteroatoms. The largest absolute Gasteiger partial charge is 0.478 e. The Hall–Kier alpha value is -2.11. The van der Waals surface area contributed by atoms with E-state index in [1.54, 1.807) is 6.20 Å². The van der Waals surface area contributed by atoms with Crippen LogP contribution >= 0.6 is 0 Å². The molecule has 19 heavy (non-hydrogen) atoms. The van der Waals surface area contributed by atoms with Crippen molar-refractivity contribution in [2.45, 2.75) is 18.9 Å². The van der Waals surface area contributed by atoms with Gasteiger partial charge in [0.25, 0.3) is 0 Å². The highest BCUT2D eigenvalue weighted by atomic mass is 16.4. The van der Waals surface area contributed by atoms with E-state index in [-0.39, 0.29) is 17.5 Å². The normalized spacial score (nSPS) is 22.5. The first-order chi connectivity index (χ1) is 9.16. The quantitative estimate of drug-likeness (QED) is 0.843. The Balaban J connectivity index is 1.85. The number of amides is 1. The average molecular weight is 261 g/mol. The van der Waals surface area contributed by atoms with Gasteiger partial charge >= 0.3 is 5.97 Å². The third-order valence-corrected chi connectivity index (χ3v) is 3.87. The van der Waals surface area contributed by atoms with Crippen molar-refractivity contribution in [3.05, 3.63) is 24.0 Å². The highest BCUT2D eigenvalue weighted by Crippen LogP contribution is 2.27. The molecular weight excluding hydrogens is 246 g/mol. The maximum atomic E-state index is 11.6. The van der Waals surface area contributed by atoms with E-state index in [1.165, 1.54) is 12.3 Å². The summed E-state index contributed by atoms with van der Waals surface area (Å²) in [4.78, 5) is 30.8. The molecule has 2 aliphatic rings. The van der Waals surface area contributed by atoms with E-state index in [0.717, 1.165) is 6.42 Å². The van der Waals surface area contributed by atoms with Crippen molar-refractivity contribution >= 4 is 17.6 Å². The van der Waals surface area contributed by atoms with Gasteiger partial charge in [-0.25, -0.2) is 4.79 Å².